The first-order valence-corrected chi connectivity index (χ1v) is 8.42. The monoisotopic (exact) mass is 325 g/mol. The van der Waals surface area contributed by atoms with E-state index in [0.29, 0.717) is 12.2 Å². The molecule has 0 spiro atoms. The highest BCUT2D eigenvalue weighted by Gasteiger charge is 2.04. The van der Waals surface area contributed by atoms with Gasteiger partial charge in [0.2, 0.25) is 0 Å². The second kappa shape index (κ2) is 15.1. The predicted octanol–water partition coefficient (Wildman–Crippen LogP) is 4.14. The zero-order valence-electron chi connectivity index (χ0n) is 14.4. The fourth-order valence-corrected chi connectivity index (χ4v) is 1.91. The van der Waals surface area contributed by atoms with Crippen LogP contribution in [0, 0.1) is 0 Å². The highest BCUT2D eigenvalue weighted by Crippen LogP contribution is 2.08. The molecule has 0 radical (unpaired) electrons. The first-order valence-electron chi connectivity index (χ1n) is 8.42. The van der Waals surface area contributed by atoms with Gasteiger partial charge in [-0.05, 0) is 26.2 Å². The van der Waals surface area contributed by atoms with Crippen LogP contribution in [0.15, 0.2) is 24.8 Å². The number of carbonyl (C=O) groups is 2. The normalized spacial score (nSPS) is 9.96. The molecule has 5 heteroatoms. The van der Waals surface area contributed by atoms with Gasteiger partial charge in [-0.1, -0.05) is 44.8 Å². The van der Waals surface area contributed by atoms with Crippen molar-refractivity contribution in [3.63, 3.8) is 0 Å². The van der Waals surface area contributed by atoms with E-state index in [4.69, 9.17) is 9.47 Å². The van der Waals surface area contributed by atoms with Crippen LogP contribution in [-0.2, 0) is 14.3 Å². The number of esters is 1. The minimum Gasteiger partial charge on any atom is -0.460 e. The SMILES string of the molecule is C=CCCCCCCCCCOC(=O)NCCOC(=O)C(=C)C. The van der Waals surface area contributed by atoms with Gasteiger partial charge >= 0.3 is 12.1 Å². The molecule has 0 saturated carbocycles. The molecule has 0 aromatic carbocycles. The maximum Gasteiger partial charge on any atom is 0.407 e. The molecular formula is C18H31NO4. The Morgan fingerprint density at radius 3 is 2.17 bits per heavy atom. The molecule has 0 heterocycles. The summed E-state index contributed by atoms with van der Waals surface area (Å²) in [5.41, 5.74) is 0.341. The summed E-state index contributed by atoms with van der Waals surface area (Å²) in [4.78, 5) is 22.4. The van der Waals surface area contributed by atoms with E-state index < -0.39 is 12.1 Å². The predicted molar refractivity (Wildman–Crippen MR) is 92.3 cm³/mol. The summed E-state index contributed by atoms with van der Waals surface area (Å²) in [5.74, 6) is -0.454. The van der Waals surface area contributed by atoms with Crippen LogP contribution in [0.2, 0.25) is 0 Å². The van der Waals surface area contributed by atoms with Crippen molar-refractivity contribution in [3.05, 3.63) is 24.8 Å². The van der Waals surface area contributed by atoms with E-state index in [1.165, 1.54) is 32.1 Å². The van der Waals surface area contributed by atoms with Crippen LogP contribution >= 0.6 is 0 Å². The van der Waals surface area contributed by atoms with Gasteiger partial charge in [0, 0.05) is 5.57 Å². The van der Waals surface area contributed by atoms with Crippen molar-refractivity contribution in [3.8, 4) is 0 Å². The highest BCUT2D eigenvalue weighted by molar-refractivity contribution is 5.86. The number of nitrogens with one attached hydrogen (secondary N) is 1. The number of unbranched alkanes of at least 4 members (excludes halogenated alkanes) is 7. The van der Waals surface area contributed by atoms with E-state index in [9.17, 15) is 9.59 Å². The molecule has 0 rings (SSSR count). The first-order chi connectivity index (χ1) is 11.1. The van der Waals surface area contributed by atoms with Gasteiger partial charge in [0.25, 0.3) is 0 Å². The van der Waals surface area contributed by atoms with Crippen LogP contribution in [0.3, 0.4) is 0 Å². The van der Waals surface area contributed by atoms with Gasteiger partial charge in [0.15, 0.2) is 0 Å². The molecule has 0 aromatic heterocycles. The van der Waals surface area contributed by atoms with Gasteiger partial charge in [0.05, 0.1) is 13.2 Å². The summed E-state index contributed by atoms with van der Waals surface area (Å²) in [6, 6.07) is 0. The highest BCUT2D eigenvalue weighted by atomic mass is 16.6. The van der Waals surface area contributed by atoms with Crippen LogP contribution in [0.4, 0.5) is 4.79 Å². The minimum absolute atomic E-state index is 0.118. The topological polar surface area (TPSA) is 64.6 Å². The molecule has 5 nitrogen and oxygen atoms in total. The Labute approximate surface area is 140 Å². The molecule has 1 amide bonds. The van der Waals surface area contributed by atoms with Gasteiger partial charge in [0.1, 0.15) is 6.61 Å². The molecule has 0 aliphatic rings. The molecule has 0 aliphatic heterocycles. The zero-order valence-corrected chi connectivity index (χ0v) is 14.4. The van der Waals surface area contributed by atoms with E-state index in [0.717, 1.165) is 19.3 Å². The number of amides is 1. The average molecular weight is 325 g/mol. The Morgan fingerprint density at radius 1 is 0.957 bits per heavy atom. The zero-order chi connectivity index (χ0) is 17.3. The molecular weight excluding hydrogens is 294 g/mol. The Bertz CT molecular complexity index is 366. The molecule has 1 N–H and O–H groups in total. The molecule has 0 aliphatic carbocycles. The van der Waals surface area contributed by atoms with Crippen LogP contribution in [0.25, 0.3) is 0 Å². The second-order valence-corrected chi connectivity index (χ2v) is 5.53. The summed E-state index contributed by atoms with van der Waals surface area (Å²) in [6.07, 6.45) is 10.7. The van der Waals surface area contributed by atoms with Gasteiger partial charge in [-0.15, -0.1) is 6.58 Å². The Morgan fingerprint density at radius 2 is 1.57 bits per heavy atom. The van der Waals surface area contributed by atoms with Gasteiger partial charge in [-0.25, -0.2) is 9.59 Å². The molecule has 0 saturated heterocycles. The van der Waals surface area contributed by atoms with Crippen LogP contribution in [-0.4, -0.2) is 31.8 Å². The summed E-state index contributed by atoms with van der Waals surface area (Å²) in [7, 11) is 0. The molecule has 0 bridgehead atoms. The van der Waals surface area contributed by atoms with Crippen molar-refractivity contribution in [2.24, 2.45) is 0 Å². The van der Waals surface area contributed by atoms with E-state index in [1.54, 1.807) is 6.92 Å². The number of carbonyl (C=O) groups excluding carboxylic acids is 2. The van der Waals surface area contributed by atoms with Crippen molar-refractivity contribution >= 4 is 12.1 Å². The van der Waals surface area contributed by atoms with E-state index in [-0.39, 0.29) is 13.2 Å². The van der Waals surface area contributed by atoms with Gasteiger partial charge in [-0.3, -0.25) is 0 Å². The molecule has 23 heavy (non-hydrogen) atoms. The average Bonchev–Trinajstić information content (AvgIpc) is 2.53. The maximum absolute atomic E-state index is 11.4. The van der Waals surface area contributed by atoms with Gasteiger partial charge < -0.3 is 14.8 Å². The second-order valence-electron chi connectivity index (χ2n) is 5.53. The Hall–Kier alpha value is -1.78. The number of alkyl carbamates (subject to hydrolysis) is 1. The van der Waals surface area contributed by atoms with Crippen molar-refractivity contribution in [1.29, 1.82) is 0 Å². The number of allylic oxidation sites excluding steroid dienone is 1. The van der Waals surface area contributed by atoms with Crippen LogP contribution in [0.5, 0.6) is 0 Å². The van der Waals surface area contributed by atoms with Crippen molar-refractivity contribution in [1.82, 2.24) is 5.32 Å². The van der Waals surface area contributed by atoms with E-state index >= 15 is 0 Å². The van der Waals surface area contributed by atoms with E-state index in [2.05, 4.69) is 18.5 Å². The maximum atomic E-state index is 11.4. The van der Waals surface area contributed by atoms with Crippen LogP contribution < -0.4 is 5.32 Å². The van der Waals surface area contributed by atoms with Crippen molar-refractivity contribution in [2.45, 2.75) is 58.3 Å². The lowest BCUT2D eigenvalue weighted by Crippen LogP contribution is -2.29. The smallest absolute Gasteiger partial charge is 0.407 e. The lowest BCUT2D eigenvalue weighted by atomic mass is 10.1. The quantitative estimate of drug-likeness (QED) is 0.226. The number of hydrogen-bond donors (Lipinski definition) is 1. The van der Waals surface area contributed by atoms with Gasteiger partial charge in [-0.2, -0.15) is 0 Å². The number of rotatable bonds is 14. The molecule has 0 fully saturated rings. The third-order valence-corrected chi connectivity index (χ3v) is 3.24. The molecule has 132 valence electrons. The summed E-state index contributed by atoms with van der Waals surface area (Å²) >= 11 is 0. The number of ether oxygens (including phenoxy) is 2. The first kappa shape index (κ1) is 21.2. The summed E-state index contributed by atoms with van der Waals surface area (Å²) < 4.78 is 9.88. The standard InChI is InChI=1S/C18H31NO4/c1-4-5-6-7-8-9-10-11-12-14-23-18(21)19-13-15-22-17(20)16(2)3/h4H,1-2,5-15H2,3H3,(H,19,21). The van der Waals surface area contributed by atoms with Crippen molar-refractivity contribution < 1.29 is 19.1 Å². The fraction of sp³-hybridized carbons (Fsp3) is 0.667. The molecule has 0 aromatic rings. The van der Waals surface area contributed by atoms with Crippen molar-refractivity contribution in [2.75, 3.05) is 19.8 Å². The Kier molecular flexibility index (Phi) is 14.0. The number of hydrogen-bond acceptors (Lipinski definition) is 4. The lowest BCUT2D eigenvalue weighted by Gasteiger charge is -2.07. The molecule has 0 unspecified atom stereocenters. The van der Waals surface area contributed by atoms with Crippen LogP contribution in [0.1, 0.15) is 58.3 Å². The third kappa shape index (κ3) is 14.9. The lowest BCUT2D eigenvalue weighted by molar-refractivity contribution is -0.138. The summed E-state index contributed by atoms with van der Waals surface area (Å²) in [6.45, 7) is 9.53. The van der Waals surface area contributed by atoms with E-state index in [1.807, 2.05) is 6.08 Å². The third-order valence-electron chi connectivity index (χ3n) is 3.24. The fourth-order valence-electron chi connectivity index (χ4n) is 1.91. The Balaban J connectivity index is 3.29. The largest absolute Gasteiger partial charge is 0.460 e. The molecule has 0 atom stereocenters. The summed E-state index contributed by atoms with van der Waals surface area (Å²) in [5, 5.41) is 2.53. The minimum atomic E-state index is -0.471.